The number of hydrogen-bond donors (Lipinski definition) is 2. The van der Waals surface area contributed by atoms with Crippen LogP contribution in [0.5, 0.6) is 0 Å². The Hall–Kier alpha value is -2.28. The van der Waals surface area contributed by atoms with Crippen molar-refractivity contribution in [2.75, 3.05) is 36.5 Å². The number of piperidine rings is 1. The quantitative estimate of drug-likeness (QED) is 0.879. The van der Waals surface area contributed by atoms with E-state index < -0.39 is 0 Å². The molecule has 0 saturated carbocycles. The molecule has 2 heterocycles. The molecule has 0 aliphatic carbocycles. The molecule has 2 aliphatic heterocycles. The monoisotopic (exact) mass is 346 g/mol. The molecule has 7 heteroatoms. The molecule has 25 heavy (non-hydrogen) atoms. The van der Waals surface area contributed by atoms with Crippen LogP contribution in [0.2, 0.25) is 0 Å². The molecule has 1 unspecified atom stereocenters. The van der Waals surface area contributed by atoms with Gasteiger partial charge in [-0.15, -0.1) is 0 Å². The molecule has 2 fully saturated rings. The normalized spacial score (nSPS) is 20.8. The number of nitrogens with zero attached hydrogens (tertiary/aromatic N) is 2. The lowest BCUT2D eigenvalue weighted by Crippen LogP contribution is -2.50. The number of benzene rings is 1. The summed E-state index contributed by atoms with van der Waals surface area (Å²) in [5.74, 6) is 0. The molecule has 3 rings (SSSR count). The number of anilines is 2. The van der Waals surface area contributed by atoms with Gasteiger partial charge in [0, 0.05) is 36.5 Å². The summed E-state index contributed by atoms with van der Waals surface area (Å²) in [6.07, 6.45) is 1.74. The zero-order chi connectivity index (χ0) is 17.8. The third-order valence-electron chi connectivity index (χ3n) is 4.45. The van der Waals surface area contributed by atoms with Crippen LogP contribution in [0.1, 0.15) is 26.7 Å². The summed E-state index contributed by atoms with van der Waals surface area (Å²) in [7, 11) is 0. The Bertz CT molecular complexity index is 635. The van der Waals surface area contributed by atoms with Crippen molar-refractivity contribution >= 4 is 23.5 Å². The highest BCUT2D eigenvalue weighted by atomic mass is 16.6. The van der Waals surface area contributed by atoms with Gasteiger partial charge in [0.1, 0.15) is 6.61 Å². The van der Waals surface area contributed by atoms with Gasteiger partial charge in [0.05, 0.1) is 6.54 Å². The fourth-order valence-electron chi connectivity index (χ4n) is 3.35. The maximum Gasteiger partial charge on any atom is 0.414 e. The van der Waals surface area contributed by atoms with Crippen molar-refractivity contribution in [3.63, 3.8) is 0 Å². The number of ether oxygens (including phenoxy) is 1. The second kappa shape index (κ2) is 7.74. The fraction of sp³-hybridized carbons (Fsp3) is 0.556. The van der Waals surface area contributed by atoms with Crippen LogP contribution in [-0.4, -0.2) is 55.3 Å². The van der Waals surface area contributed by atoms with Gasteiger partial charge in [-0.3, -0.25) is 4.90 Å². The molecular weight excluding hydrogens is 320 g/mol. The Kier molecular flexibility index (Phi) is 5.43. The van der Waals surface area contributed by atoms with Crippen molar-refractivity contribution in [3.8, 4) is 0 Å². The Balaban J connectivity index is 1.62. The first-order valence-corrected chi connectivity index (χ1v) is 8.89. The number of urea groups is 1. The van der Waals surface area contributed by atoms with E-state index in [0.717, 1.165) is 25.1 Å². The van der Waals surface area contributed by atoms with Crippen molar-refractivity contribution in [2.24, 2.45) is 0 Å². The van der Waals surface area contributed by atoms with Gasteiger partial charge >= 0.3 is 12.1 Å². The summed E-state index contributed by atoms with van der Waals surface area (Å²) >= 11 is 0. The molecule has 0 aromatic heterocycles. The number of rotatable bonds is 4. The molecule has 1 aromatic carbocycles. The largest absolute Gasteiger partial charge is 0.447 e. The average molecular weight is 346 g/mol. The minimum Gasteiger partial charge on any atom is -0.447 e. The lowest BCUT2D eigenvalue weighted by atomic mass is 10.1. The van der Waals surface area contributed by atoms with Gasteiger partial charge in [-0.05, 0) is 31.0 Å². The Labute approximate surface area is 148 Å². The first-order chi connectivity index (χ1) is 12.0. The predicted molar refractivity (Wildman–Crippen MR) is 97.0 cm³/mol. The zero-order valence-corrected chi connectivity index (χ0v) is 14.8. The van der Waals surface area contributed by atoms with E-state index in [4.69, 9.17) is 4.74 Å². The zero-order valence-electron chi connectivity index (χ0n) is 14.8. The van der Waals surface area contributed by atoms with E-state index in [9.17, 15) is 9.59 Å². The number of likely N-dealkylation sites (tertiary alicyclic amines) is 1. The van der Waals surface area contributed by atoms with Gasteiger partial charge in [-0.25, -0.2) is 9.59 Å². The third-order valence-corrected chi connectivity index (χ3v) is 4.45. The van der Waals surface area contributed by atoms with Crippen LogP contribution in [0.3, 0.4) is 0 Å². The number of hydrogen-bond acceptors (Lipinski definition) is 4. The Morgan fingerprint density at radius 1 is 1.32 bits per heavy atom. The summed E-state index contributed by atoms with van der Waals surface area (Å²) in [5.41, 5.74) is 1.42. The standard InChI is InChI=1S/C18H26N4O3/c1-13(2)19-15-6-4-8-21(12-15)17(23)20-14-5-3-7-16(11-14)22-9-10-25-18(22)24/h3,5,7,11,13,15,19H,4,6,8-10,12H2,1-2H3,(H,20,23). The van der Waals surface area contributed by atoms with Crippen molar-refractivity contribution < 1.29 is 14.3 Å². The second-order valence-corrected chi connectivity index (χ2v) is 6.85. The molecule has 2 N–H and O–H groups in total. The van der Waals surface area contributed by atoms with Gasteiger partial charge < -0.3 is 20.3 Å². The highest BCUT2D eigenvalue weighted by molar-refractivity contribution is 5.93. The number of carbonyl (C=O) groups excluding carboxylic acids is 2. The van der Waals surface area contributed by atoms with Crippen LogP contribution in [0.15, 0.2) is 24.3 Å². The van der Waals surface area contributed by atoms with Gasteiger partial charge in [0.2, 0.25) is 0 Å². The van der Waals surface area contributed by atoms with Gasteiger partial charge in [0.15, 0.2) is 0 Å². The number of cyclic esters (lactones) is 1. The predicted octanol–water partition coefficient (Wildman–Crippen LogP) is 2.64. The van der Waals surface area contributed by atoms with E-state index in [-0.39, 0.29) is 12.1 Å². The summed E-state index contributed by atoms with van der Waals surface area (Å²) in [4.78, 5) is 27.7. The molecule has 0 spiro atoms. The number of carbonyl (C=O) groups is 2. The highest BCUT2D eigenvalue weighted by Gasteiger charge is 2.25. The molecule has 7 nitrogen and oxygen atoms in total. The maximum atomic E-state index is 12.6. The lowest BCUT2D eigenvalue weighted by molar-refractivity contribution is 0.181. The number of amides is 3. The van der Waals surface area contributed by atoms with Gasteiger partial charge in [-0.2, -0.15) is 0 Å². The minimum atomic E-state index is -0.345. The molecule has 0 radical (unpaired) electrons. The van der Waals surface area contributed by atoms with E-state index >= 15 is 0 Å². The first-order valence-electron chi connectivity index (χ1n) is 8.89. The van der Waals surface area contributed by atoms with Gasteiger partial charge in [0.25, 0.3) is 0 Å². The SMILES string of the molecule is CC(C)NC1CCCN(C(=O)Nc2cccc(N3CCOC3=O)c2)C1. The smallest absolute Gasteiger partial charge is 0.414 e. The highest BCUT2D eigenvalue weighted by Crippen LogP contribution is 2.23. The summed E-state index contributed by atoms with van der Waals surface area (Å²) in [6, 6.07) is 7.95. The summed E-state index contributed by atoms with van der Waals surface area (Å²) in [6.45, 7) is 6.64. The Morgan fingerprint density at radius 3 is 2.88 bits per heavy atom. The Morgan fingerprint density at radius 2 is 2.16 bits per heavy atom. The minimum absolute atomic E-state index is 0.101. The van der Waals surface area contributed by atoms with Gasteiger partial charge in [-0.1, -0.05) is 19.9 Å². The van der Waals surface area contributed by atoms with E-state index in [2.05, 4.69) is 24.5 Å². The van der Waals surface area contributed by atoms with Crippen LogP contribution in [0, 0.1) is 0 Å². The molecule has 1 atom stereocenters. The molecule has 1 aromatic rings. The van der Waals surface area contributed by atoms with Crippen molar-refractivity contribution in [2.45, 2.75) is 38.8 Å². The van der Waals surface area contributed by atoms with E-state index in [1.165, 1.54) is 0 Å². The third kappa shape index (κ3) is 4.42. The first kappa shape index (κ1) is 17.5. The van der Waals surface area contributed by atoms with Crippen molar-refractivity contribution in [1.82, 2.24) is 10.2 Å². The lowest BCUT2D eigenvalue weighted by Gasteiger charge is -2.34. The summed E-state index contributed by atoms with van der Waals surface area (Å²) in [5, 5.41) is 6.45. The van der Waals surface area contributed by atoms with E-state index in [1.807, 2.05) is 23.1 Å². The second-order valence-electron chi connectivity index (χ2n) is 6.85. The summed E-state index contributed by atoms with van der Waals surface area (Å²) < 4.78 is 4.96. The molecule has 3 amide bonds. The number of nitrogens with one attached hydrogen (secondary N) is 2. The molecular formula is C18H26N4O3. The van der Waals surface area contributed by atoms with Crippen LogP contribution in [0.4, 0.5) is 21.0 Å². The molecule has 2 aliphatic rings. The fourth-order valence-corrected chi connectivity index (χ4v) is 3.35. The van der Waals surface area contributed by atoms with Crippen molar-refractivity contribution in [1.29, 1.82) is 0 Å². The van der Waals surface area contributed by atoms with E-state index in [0.29, 0.717) is 37.5 Å². The van der Waals surface area contributed by atoms with E-state index in [1.54, 1.807) is 11.0 Å². The maximum absolute atomic E-state index is 12.6. The molecule has 2 saturated heterocycles. The van der Waals surface area contributed by atoms with Crippen molar-refractivity contribution in [3.05, 3.63) is 24.3 Å². The molecule has 0 bridgehead atoms. The van der Waals surface area contributed by atoms with Crippen LogP contribution in [0.25, 0.3) is 0 Å². The van der Waals surface area contributed by atoms with Crippen LogP contribution >= 0.6 is 0 Å². The topological polar surface area (TPSA) is 73.9 Å². The van der Waals surface area contributed by atoms with Crippen LogP contribution < -0.4 is 15.5 Å². The van der Waals surface area contributed by atoms with Crippen LogP contribution in [-0.2, 0) is 4.74 Å². The average Bonchev–Trinajstić information content (AvgIpc) is 3.01. The molecule has 136 valence electrons.